The lowest BCUT2D eigenvalue weighted by molar-refractivity contribution is -0.378. The number of halogens is 3. The molecule has 0 aromatic heterocycles. The highest BCUT2D eigenvalue weighted by atomic mass is 19.4. The molecule has 0 unspecified atom stereocenters. The number of carboxylic acid groups (broad SMARTS) is 1. The second-order valence-electron chi connectivity index (χ2n) is 2.99. The van der Waals surface area contributed by atoms with Gasteiger partial charge in [0.05, 0.1) is 6.54 Å². The van der Waals surface area contributed by atoms with E-state index in [4.69, 9.17) is 9.90 Å². The predicted octanol–water partition coefficient (Wildman–Crippen LogP) is 0.295. The van der Waals surface area contributed by atoms with E-state index in [2.05, 4.69) is 18.9 Å². The van der Waals surface area contributed by atoms with Crippen molar-refractivity contribution >= 4 is 5.97 Å². The fourth-order valence-corrected chi connectivity index (χ4v) is 0.803. The van der Waals surface area contributed by atoms with E-state index >= 15 is 0 Å². The zero-order valence-electron chi connectivity index (χ0n) is 8.93. The van der Waals surface area contributed by atoms with Crippen LogP contribution in [0.1, 0.15) is 12.8 Å². The maximum absolute atomic E-state index is 10.5. The summed E-state index contributed by atoms with van der Waals surface area (Å²) < 4.78 is 31.5. The molecule has 0 aromatic rings. The molecule has 0 atom stereocenters. The van der Waals surface area contributed by atoms with Crippen molar-refractivity contribution in [2.75, 3.05) is 6.54 Å². The van der Waals surface area contributed by atoms with Gasteiger partial charge in [0, 0.05) is 5.92 Å². The molecular weight excluding hydrogens is 223 g/mol. The number of carbonyl (C=O) groups is 1. The first-order valence-electron chi connectivity index (χ1n) is 4.58. The number of hydrogen-bond acceptors (Lipinski definition) is 2. The summed E-state index contributed by atoms with van der Waals surface area (Å²) in [7, 11) is 0. The van der Waals surface area contributed by atoms with Crippen LogP contribution < -0.4 is 10.8 Å². The standard InChI is InChI=1S/C8H15N.C2HF3O2/c1-3-5-8(7-9)6-4-2;3-2(4,5)1(6)7/h3-4,8H,1-2,5-7,9H2;(H,6,7). The fraction of sp³-hybridized carbons (Fsp3) is 0.500. The van der Waals surface area contributed by atoms with Crippen molar-refractivity contribution in [2.45, 2.75) is 19.0 Å². The predicted molar refractivity (Wildman–Crippen MR) is 51.9 cm³/mol. The molecule has 0 rings (SSSR count). The van der Waals surface area contributed by atoms with Crippen molar-refractivity contribution in [1.29, 1.82) is 0 Å². The molecule has 0 aromatic carbocycles. The summed E-state index contributed by atoms with van der Waals surface area (Å²) in [6, 6.07) is 0. The molecule has 0 aliphatic carbocycles. The van der Waals surface area contributed by atoms with Gasteiger partial charge in [-0.1, -0.05) is 12.2 Å². The first-order chi connectivity index (χ1) is 7.29. The van der Waals surface area contributed by atoms with E-state index < -0.39 is 12.1 Å². The summed E-state index contributed by atoms with van der Waals surface area (Å²) in [5, 5.41) is 8.78. The Morgan fingerprint density at radius 2 is 1.62 bits per heavy atom. The molecule has 3 nitrogen and oxygen atoms in total. The number of carboxylic acids is 1. The van der Waals surface area contributed by atoms with Crippen LogP contribution in [-0.2, 0) is 4.79 Å². The van der Waals surface area contributed by atoms with Gasteiger partial charge in [0.15, 0.2) is 0 Å². The highest BCUT2D eigenvalue weighted by Gasteiger charge is 2.28. The lowest BCUT2D eigenvalue weighted by Gasteiger charge is -2.04. The Hall–Kier alpha value is -1.30. The van der Waals surface area contributed by atoms with Crippen LogP contribution in [0.4, 0.5) is 13.2 Å². The SMILES string of the molecule is C=CCC(C[NH3+])CC=C.O=C([O-])C(F)(F)F. The number of quaternary nitrogens is 1. The van der Waals surface area contributed by atoms with Gasteiger partial charge >= 0.3 is 6.18 Å². The number of carbonyl (C=O) groups excluding carboxylic acids is 1. The van der Waals surface area contributed by atoms with Crippen molar-refractivity contribution in [2.24, 2.45) is 5.92 Å². The summed E-state index contributed by atoms with van der Waals surface area (Å²) >= 11 is 0. The third-order valence-corrected chi connectivity index (χ3v) is 1.64. The molecular formula is C10H16F3NO2. The van der Waals surface area contributed by atoms with E-state index in [-0.39, 0.29) is 0 Å². The molecule has 16 heavy (non-hydrogen) atoms. The van der Waals surface area contributed by atoms with Crippen molar-refractivity contribution in [3.05, 3.63) is 25.3 Å². The Bertz CT molecular complexity index is 217. The van der Waals surface area contributed by atoms with Crippen LogP contribution in [0, 0.1) is 5.92 Å². The summed E-state index contributed by atoms with van der Waals surface area (Å²) in [4.78, 5) is 8.78. The highest BCUT2D eigenvalue weighted by Crippen LogP contribution is 2.11. The average molecular weight is 239 g/mol. The van der Waals surface area contributed by atoms with Crippen LogP contribution >= 0.6 is 0 Å². The second-order valence-corrected chi connectivity index (χ2v) is 2.99. The molecule has 0 saturated heterocycles. The van der Waals surface area contributed by atoms with Gasteiger partial charge in [-0.3, -0.25) is 0 Å². The van der Waals surface area contributed by atoms with E-state index in [1.807, 2.05) is 12.2 Å². The van der Waals surface area contributed by atoms with Crippen LogP contribution in [0.2, 0.25) is 0 Å². The average Bonchev–Trinajstić information content (AvgIpc) is 2.17. The van der Waals surface area contributed by atoms with Crippen molar-refractivity contribution in [3.63, 3.8) is 0 Å². The summed E-state index contributed by atoms with van der Waals surface area (Å²) in [5.74, 6) is -2.34. The zero-order chi connectivity index (χ0) is 13.2. The fourth-order valence-electron chi connectivity index (χ4n) is 0.803. The molecule has 6 heteroatoms. The number of hydrogen-bond donors (Lipinski definition) is 1. The topological polar surface area (TPSA) is 67.8 Å². The molecule has 0 spiro atoms. The summed E-state index contributed by atoms with van der Waals surface area (Å²) in [5.41, 5.74) is 3.83. The Kier molecular flexibility index (Phi) is 9.58. The second kappa shape index (κ2) is 8.96. The third kappa shape index (κ3) is 10.8. The number of alkyl halides is 3. The van der Waals surface area contributed by atoms with Crippen LogP contribution in [-0.4, -0.2) is 18.7 Å². The smallest absolute Gasteiger partial charge is 0.430 e. The Labute approximate surface area is 92.4 Å². The zero-order valence-corrected chi connectivity index (χ0v) is 8.93. The van der Waals surface area contributed by atoms with Crippen LogP contribution in [0.25, 0.3) is 0 Å². The molecule has 0 amide bonds. The quantitative estimate of drug-likeness (QED) is 0.701. The first kappa shape index (κ1) is 17.1. The van der Waals surface area contributed by atoms with Crippen LogP contribution in [0.3, 0.4) is 0 Å². The van der Waals surface area contributed by atoms with Gasteiger partial charge in [0.1, 0.15) is 5.97 Å². The Morgan fingerprint density at radius 1 is 1.31 bits per heavy atom. The lowest BCUT2D eigenvalue weighted by atomic mass is 10.0. The maximum atomic E-state index is 10.5. The van der Waals surface area contributed by atoms with Crippen molar-refractivity contribution in [1.82, 2.24) is 0 Å². The lowest BCUT2D eigenvalue weighted by Crippen LogP contribution is -2.53. The van der Waals surface area contributed by atoms with E-state index in [1.54, 1.807) is 0 Å². The molecule has 0 bridgehead atoms. The minimum atomic E-state index is -5.19. The van der Waals surface area contributed by atoms with E-state index in [9.17, 15) is 13.2 Å². The maximum Gasteiger partial charge on any atom is 0.430 e. The minimum absolute atomic E-state index is 0.667. The van der Waals surface area contributed by atoms with Crippen LogP contribution in [0.5, 0.6) is 0 Å². The molecule has 0 radical (unpaired) electrons. The highest BCUT2D eigenvalue weighted by molar-refractivity contribution is 5.70. The Balaban J connectivity index is 0. The molecule has 0 fully saturated rings. The number of aliphatic carboxylic acids is 1. The molecule has 94 valence electrons. The van der Waals surface area contributed by atoms with Gasteiger partial charge in [-0.2, -0.15) is 13.2 Å². The molecule has 3 N–H and O–H groups in total. The van der Waals surface area contributed by atoms with Gasteiger partial charge in [-0.15, -0.1) is 13.2 Å². The molecule has 0 heterocycles. The number of rotatable bonds is 5. The van der Waals surface area contributed by atoms with Gasteiger partial charge in [0.25, 0.3) is 0 Å². The van der Waals surface area contributed by atoms with Gasteiger partial charge in [0.2, 0.25) is 0 Å². The van der Waals surface area contributed by atoms with Crippen molar-refractivity contribution in [3.8, 4) is 0 Å². The monoisotopic (exact) mass is 239 g/mol. The van der Waals surface area contributed by atoms with Gasteiger partial charge in [-0.25, -0.2) is 0 Å². The first-order valence-corrected chi connectivity index (χ1v) is 4.58. The third-order valence-electron chi connectivity index (χ3n) is 1.64. The summed E-state index contributed by atoms with van der Waals surface area (Å²) in [6.07, 6.45) is 0.823. The molecule has 0 aliphatic rings. The van der Waals surface area contributed by atoms with Crippen LogP contribution in [0.15, 0.2) is 25.3 Å². The van der Waals surface area contributed by atoms with E-state index in [1.165, 1.54) is 0 Å². The van der Waals surface area contributed by atoms with E-state index in [0.717, 1.165) is 19.4 Å². The largest absolute Gasteiger partial charge is 0.542 e. The van der Waals surface area contributed by atoms with E-state index in [0.29, 0.717) is 5.92 Å². The summed E-state index contributed by atoms with van der Waals surface area (Å²) in [6.45, 7) is 8.32. The normalized spacial score (nSPS) is 10.3. The minimum Gasteiger partial charge on any atom is -0.542 e. The Morgan fingerprint density at radius 3 is 1.75 bits per heavy atom. The van der Waals surface area contributed by atoms with Gasteiger partial charge in [-0.05, 0) is 12.8 Å². The number of allylic oxidation sites excluding steroid dienone is 2. The van der Waals surface area contributed by atoms with Gasteiger partial charge < -0.3 is 15.6 Å². The molecule has 0 saturated carbocycles. The molecule has 0 aliphatic heterocycles. The van der Waals surface area contributed by atoms with Crippen molar-refractivity contribution < 1.29 is 28.8 Å².